The summed E-state index contributed by atoms with van der Waals surface area (Å²) in [6, 6.07) is 73.8. The molecular formula is C58H34N4O. The van der Waals surface area contributed by atoms with Crippen molar-refractivity contribution in [3.63, 3.8) is 0 Å². The molecule has 14 rings (SSSR count). The largest absolute Gasteiger partial charge is 0.456 e. The number of hydrogen-bond acceptors (Lipinski definition) is 3. The van der Waals surface area contributed by atoms with Gasteiger partial charge in [-0.3, -0.25) is 0 Å². The van der Waals surface area contributed by atoms with Gasteiger partial charge in [0.1, 0.15) is 11.2 Å². The van der Waals surface area contributed by atoms with Crippen molar-refractivity contribution in [3.8, 4) is 33.9 Å². The number of aromatic nitrogens is 4. The van der Waals surface area contributed by atoms with Crippen LogP contribution in [0.15, 0.2) is 211 Å². The van der Waals surface area contributed by atoms with Gasteiger partial charge in [0.2, 0.25) is 0 Å². The van der Waals surface area contributed by atoms with E-state index in [1.54, 1.807) is 0 Å². The van der Waals surface area contributed by atoms with E-state index < -0.39 is 0 Å². The Bertz CT molecular complexity index is 4210. The highest BCUT2D eigenvalue weighted by atomic mass is 16.3. The van der Waals surface area contributed by atoms with Gasteiger partial charge in [0, 0.05) is 59.9 Å². The fraction of sp³-hybridized carbons (Fsp3) is 0. The predicted molar refractivity (Wildman–Crippen MR) is 261 cm³/mol. The van der Waals surface area contributed by atoms with E-state index in [4.69, 9.17) is 14.4 Å². The number of benzene rings is 10. The standard InChI is InChI=1S/C58H34N4O/c1-2-14-40-35(12-1)26-30-44-41-15-3-9-21-51(41)62(58(40)44)52-22-11-13-37-33-53-46(34-45(37)52)42-16-4-8-20-50(42)61(53)39-28-24-36(25-29-39)56-57(60-49-19-7-6-18-48(49)59-56)38-27-31-55-47(32-38)43-17-5-10-23-54(43)63-55/h1-34H. The van der Waals surface area contributed by atoms with Gasteiger partial charge in [-0.1, -0.05) is 127 Å². The summed E-state index contributed by atoms with van der Waals surface area (Å²) in [5, 5.41) is 12.0. The SMILES string of the molecule is c1cc(-n2c3ccccc3c3ccc4ccccc4c32)c2cc3c4ccccc4n(-c4ccc(-c5nc6ccccc6nc5-c5ccc6oc7ccccc7c6c5)cc4)c3cc2c1. The number of furan rings is 1. The van der Waals surface area contributed by atoms with Gasteiger partial charge in [0.15, 0.2) is 0 Å². The van der Waals surface area contributed by atoms with Crippen LogP contribution in [0.4, 0.5) is 0 Å². The quantitative estimate of drug-likeness (QED) is 0.178. The van der Waals surface area contributed by atoms with Gasteiger partial charge in [-0.15, -0.1) is 0 Å². The monoisotopic (exact) mass is 802 g/mol. The van der Waals surface area contributed by atoms with Crippen molar-refractivity contribution in [2.75, 3.05) is 0 Å². The molecule has 0 aliphatic carbocycles. The molecule has 0 radical (unpaired) electrons. The molecule has 5 heteroatoms. The van der Waals surface area contributed by atoms with Crippen molar-refractivity contribution in [2.24, 2.45) is 0 Å². The summed E-state index contributed by atoms with van der Waals surface area (Å²) in [4.78, 5) is 10.5. The summed E-state index contributed by atoms with van der Waals surface area (Å²) in [6.07, 6.45) is 0. The van der Waals surface area contributed by atoms with Gasteiger partial charge >= 0.3 is 0 Å². The Morgan fingerprint density at radius 3 is 1.76 bits per heavy atom. The third kappa shape index (κ3) is 4.99. The van der Waals surface area contributed by atoms with Crippen LogP contribution in [-0.4, -0.2) is 19.1 Å². The summed E-state index contributed by atoms with van der Waals surface area (Å²) in [5.41, 5.74) is 14.1. The molecule has 0 aliphatic rings. The Morgan fingerprint density at radius 1 is 0.333 bits per heavy atom. The molecule has 0 saturated carbocycles. The third-order valence-corrected chi connectivity index (χ3v) is 13.1. The van der Waals surface area contributed by atoms with Crippen LogP contribution in [-0.2, 0) is 0 Å². The minimum atomic E-state index is 0.837. The molecule has 0 bridgehead atoms. The van der Waals surface area contributed by atoms with E-state index in [2.05, 4.69) is 173 Å². The van der Waals surface area contributed by atoms with Crippen LogP contribution >= 0.6 is 0 Å². The molecule has 10 aromatic carbocycles. The topological polar surface area (TPSA) is 48.8 Å². The first-order valence-corrected chi connectivity index (χ1v) is 21.4. The first kappa shape index (κ1) is 34.2. The molecule has 0 N–H and O–H groups in total. The molecule has 0 saturated heterocycles. The molecule has 0 fully saturated rings. The Kier molecular flexibility index (Phi) is 7.05. The molecule has 5 nitrogen and oxygen atoms in total. The average molecular weight is 803 g/mol. The predicted octanol–water partition coefficient (Wildman–Crippen LogP) is 15.4. The van der Waals surface area contributed by atoms with Gasteiger partial charge < -0.3 is 13.6 Å². The second-order valence-corrected chi connectivity index (χ2v) is 16.5. The maximum absolute atomic E-state index is 6.19. The maximum atomic E-state index is 6.19. The van der Waals surface area contributed by atoms with Crippen LogP contribution in [0.25, 0.3) is 132 Å². The lowest BCUT2D eigenvalue weighted by Gasteiger charge is -2.14. The van der Waals surface area contributed by atoms with E-state index in [0.29, 0.717) is 0 Å². The molecule has 4 heterocycles. The fourth-order valence-corrected chi connectivity index (χ4v) is 10.2. The van der Waals surface area contributed by atoms with Crippen LogP contribution in [0.2, 0.25) is 0 Å². The summed E-state index contributed by atoms with van der Waals surface area (Å²) < 4.78 is 11.1. The molecule has 0 atom stereocenters. The van der Waals surface area contributed by atoms with Gasteiger partial charge in [0.25, 0.3) is 0 Å². The molecule has 0 unspecified atom stereocenters. The lowest BCUT2D eigenvalue weighted by Crippen LogP contribution is -1.98. The van der Waals surface area contributed by atoms with E-state index in [-0.39, 0.29) is 0 Å². The van der Waals surface area contributed by atoms with Crippen LogP contribution in [0.3, 0.4) is 0 Å². The summed E-state index contributed by atoms with van der Waals surface area (Å²) in [5.74, 6) is 0. The smallest absolute Gasteiger partial charge is 0.135 e. The van der Waals surface area contributed by atoms with Gasteiger partial charge in [-0.05, 0) is 89.6 Å². The zero-order chi connectivity index (χ0) is 41.2. The Balaban J connectivity index is 0.951. The van der Waals surface area contributed by atoms with E-state index in [1.807, 2.05) is 42.5 Å². The molecule has 0 aliphatic heterocycles. The molecule has 63 heavy (non-hydrogen) atoms. The minimum Gasteiger partial charge on any atom is -0.456 e. The van der Waals surface area contributed by atoms with Gasteiger partial charge in [-0.25, -0.2) is 9.97 Å². The highest BCUT2D eigenvalue weighted by Crippen LogP contribution is 2.42. The average Bonchev–Trinajstić information content (AvgIpc) is 4.00. The van der Waals surface area contributed by atoms with Crippen molar-refractivity contribution in [1.82, 2.24) is 19.1 Å². The van der Waals surface area contributed by atoms with Crippen molar-refractivity contribution in [2.45, 2.75) is 0 Å². The number of nitrogens with zero attached hydrogens (tertiary/aromatic N) is 4. The molecule has 0 spiro atoms. The summed E-state index contributed by atoms with van der Waals surface area (Å²) in [7, 11) is 0. The van der Waals surface area contributed by atoms with Gasteiger partial charge in [-0.2, -0.15) is 0 Å². The van der Waals surface area contributed by atoms with Crippen LogP contribution in [0.5, 0.6) is 0 Å². The minimum absolute atomic E-state index is 0.837. The molecule has 0 amide bonds. The van der Waals surface area contributed by atoms with Crippen LogP contribution in [0.1, 0.15) is 0 Å². The van der Waals surface area contributed by atoms with E-state index in [1.165, 1.54) is 59.8 Å². The number of rotatable bonds is 4. The highest BCUT2D eigenvalue weighted by molar-refractivity contribution is 6.20. The third-order valence-electron chi connectivity index (χ3n) is 13.1. The highest BCUT2D eigenvalue weighted by Gasteiger charge is 2.20. The fourth-order valence-electron chi connectivity index (χ4n) is 10.2. The van der Waals surface area contributed by atoms with Crippen molar-refractivity contribution in [1.29, 1.82) is 0 Å². The lowest BCUT2D eigenvalue weighted by atomic mass is 10.0. The second kappa shape index (κ2) is 13.0. The number of para-hydroxylation sites is 5. The first-order valence-electron chi connectivity index (χ1n) is 21.4. The number of fused-ring (bicyclic) bond motifs is 13. The van der Waals surface area contributed by atoms with Crippen molar-refractivity contribution < 1.29 is 4.42 Å². The van der Waals surface area contributed by atoms with Crippen LogP contribution < -0.4 is 0 Å². The van der Waals surface area contributed by atoms with Crippen LogP contribution in [0, 0.1) is 0 Å². The Labute approximate surface area is 360 Å². The van der Waals surface area contributed by atoms with E-state index >= 15 is 0 Å². The summed E-state index contributed by atoms with van der Waals surface area (Å²) >= 11 is 0. The van der Waals surface area contributed by atoms with Gasteiger partial charge in [0.05, 0.1) is 50.2 Å². The maximum Gasteiger partial charge on any atom is 0.135 e. The second-order valence-electron chi connectivity index (χ2n) is 16.5. The zero-order valence-electron chi connectivity index (χ0n) is 33.8. The van der Waals surface area contributed by atoms with Crippen molar-refractivity contribution in [3.05, 3.63) is 206 Å². The van der Waals surface area contributed by atoms with E-state index in [0.717, 1.165) is 72.2 Å². The lowest BCUT2D eigenvalue weighted by molar-refractivity contribution is 0.669. The Morgan fingerprint density at radius 2 is 0.952 bits per heavy atom. The zero-order valence-corrected chi connectivity index (χ0v) is 33.8. The number of hydrogen-bond donors (Lipinski definition) is 0. The first-order chi connectivity index (χ1) is 31.2. The molecule has 4 aromatic heterocycles. The molecule has 292 valence electrons. The molecular weight excluding hydrogens is 769 g/mol. The van der Waals surface area contributed by atoms with E-state index in [9.17, 15) is 0 Å². The van der Waals surface area contributed by atoms with Crippen molar-refractivity contribution >= 4 is 98.1 Å². The molecule has 14 aromatic rings. The normalized spacial score (nSPS) is 12.1. The summed E-state index contributed by atoms with van der Waals surface area (Å²) in [6.45, 7) is 0. The Hall–Kier alpha value is -8.54.